The summed E-state index contributed by atoms with van der Waals surface area (Å²) in [6, 6.07) is 0. The van der Waals surface area contributed by atoms with E-state index < -0.39 is 52.8 Å². The zero-order valence-electron chi connectivity index (χ0n) is 17.9. The van der Waals surface area contributed by atoms with Crippen LogP contribution in [-0.2, 0) is 28.4 Å². The van der Waals surface area contributed by atoms with Crippen molar-refractivity contribution in [2.24, 2.45) is 20.0 Å². The van der Waals surface area contributed by atoms with Crippen molar-refractivity contribution in [3.05, 3.63) is 26.4 Å². The topological polar surface area (TPSA) is 143 Å². The van der Waals surface area contributed by atoms with Crippen LogP contribution in [0.15, 0.2) is 9.59 Å². The van der Waals surface area contributed by atoms with Gasteiger partial charge in [0, 0.05) is 27.2 Å². The van der Waals surface area contributed by atoms with E-state index in [2.05, 4.69) is 0 Å². The second-order valence-corrected chi connectivity index (χ2v) is 8.24. The van der Waals surface area contributed by atoms with E-state index in [1.54, 1.807) is 20.8 Å². The Morgan fingerprint density at radius 1 is 1.07 bits per heavy atom. The first-order valence-corrected chi connectivity index (χ1v) is 9.56. The van der Waals surface area contributed by atoms with Gasteiger partial charge in [0.1, 0.15) is 17.0 Å². The number of rotatable bonds is 4. The van der Waals surface area contributed by atoms with Crippen molar-refractivity contribution in [3.63, 3.8) is 0 Å². The lowest BCUT2D eigenvalue weighted by molar-refractivity contribution is -0.149. The molecular weight excluding hydrogens is 396 g/mol. The van der Waals surface area contributed by atoms with Crippen LogP contribution >= 0.6 is 0 Å². The van der Waals surface area contributed by atoms with Gasteiger partial charge in [0.25, 0.3) is 5.56 Å². The van der Waals surface area contributed by atoms with E-state index in [0.717, 1.165) is 9.13 Å². The summed E-state index contributed by atoms with van der Waals surface area (Å²) in [6.07, 6.45) is 0.303. The van der Waals surface area contributed by atoms with Crippen LogP contribution in [0.4, 0.5) is 10.6 Å². The zero-order chi connectivity index (χ0) is 22.8. The molecule has 0 atom stereocenters. The van der Waals surface area contributed by atoms with Gasteiger partial charge in [-0.1, -0.05) is 0 Å². The molecule has 1 amide bonds. The van der Waals surface area contributed by atoms with Gasteiger partial charge in [-0.05, 0) is 33.6 Å². The van der Waals surface area contributed by atoms with Gasteiger partial charge in [0.2, 0.25) is 5.78 Å². The number of esters is 1. The molecule has 1 aromatic rings. The van der Waals surface area contributed by atoms with Crippen molar-refractivity contribution in [1.29, 1.82) is 0 Å². The summed E-state index contributed by atoms with van der Waals surface area (Å²) in [6.45, 7) is 5.32. The summed E-state index contributed by atoms with van der Waals surface area (Å²) in [5, 5.41) is 0. The molecule has 166 valence electrons. The smallest absolute Gasteiger partial charge is 0.410 e. The lowest BCUT2D eigenvalue weighted by Crippen LogP contribution is -2.43. The molecule has 30 heavy (non-hydrogen) atoms. The van der Waals surface area contributed by atoms with Gasteiger partial charge < -0.3 is 20.1 Å². The standard InChI is InChI=1S/C19H28N4O7/c1-19(2,3)30-18(28)23-8-6-11(7-9-23)16(26)29-10-12(24)13-14(20)21(4)17(27)22(5)15(13)25/h11H,6-10,20H2,1-5H3. The number of Topliss-reactive ketones (excluding diaryl/α,β-unsaturated/α-hetero) is 1. The minimum Gasteiger partial charge on any atom is -0.457 e. The highest BCUT2D eigenvalue weighted by molar-refractivity contribution is 6.01. The number of nitrogens with zero attached hydrogens (tertiary/aromatic N) is 3. The summed E-state index contributed by atoms with van der Waals surface area (Å²) in [7, 11) is 2.56. The van der Waals surface area contributed by atoms with Crippen LogP contribution in [0.25, 0.3) is 0 Å². The van der Waals surface area contributed by atoms with Gasteiger partial charge >= 0.3 is 17.8 Å². The molecule has 11 nitrogen and oxygen atoms in total. The summed E-state index contributed by atoms with van der Waals surface area (Å²) < 4.78 is 12.1. The Labute approximate surface area is 173 Å². The first kappa shape index (κ1) is 23.2. The molecule has 0 radical (unpaired) electrons. The minimum absolute atomic E-state index is 0.283. The third-order valence-corrected chi connectivity index (χ3v) is 4.81. The molecule has 1 aliphatic rings. The van der Waals surface area contributed by atoms with Crippen molar-refractivity contribution in [1.82, 2.24) is 14.0 Å². The fourth-order valence-corrected chi connectivity index (χ4v) is 3.07. The van der Waals surface area contributed by atoms with Crippen molar-refractivity contribution in [3.8, 4) is 0 Å². The number of carbonyl (C=O) groups is 3. The highest BCUT2D eigenvalue weighted by atomic mass is 16.6. The number of aromatic nitrogens is 2. The largest absolute Gasteiger partial charge is 0.457 e. The molecule has 0 unspecified atom stereocenters. The first-order valence-electron chi connectivity index (χ1n) is 9.56. The average Bonchev–Trinajstić information content (AvgIpc) is 2.68. The maximum absolute atomic E-state index is 12.4. The Kier molecular flexibility index (Phi) is 6.73. The van der Waals surface area contributed by atoms with E-state index in [-0.39, 0.29) is 5.82 Å². The molecule has 2 rings (SSSR count). The summed E-state index contributed by atoms with van der Waals surface area (Å²) >= 11 is 0. The molecule has 11 heteroatoms. The van der Waals surface area contributed by atoms with E-state index >= 15 is 0 Å². The van der Waals surface area contributed by atoms with Gasteiger partial charge in [-0.25, -0.2) is 9.59 Å². The average molecular weight is 424 g/mol. The Bertz CT molecular complexity index is 963. The number of nitrogens with two attached hydrogens (primary N) is 1. The Morgan fingerprint density at radius 3 is 2.17 bits per heavy atom. The molecule has 0 aliphatic carbocycles. The van der Waals surface area contributed by atoms with Crippen LogP contribution in [0.2, 0.25) is 0 Å². The lowest BCUT2D eigenvalue weighted by Gasteiger charge is -2.32. The predicted molar refractivity (Wildman–Crippen MR) is 107 cm³/mol. The summed E-state index contributed by atoms with van der Waals surface area (Å²) in [5.41, 5.74) is 3.22. The quantitative estimate of drug-likeness (QED) is 0.527. The van der Waals surface area contributed by atoms with E-state index in [1.807, 2.05) is 0 Å². The molecule has 0 saturated carbocycles. The fourth-order valence-electron chi connectivity index (χ4n) is 3.07. The molecule has 1 aromatic heterocycles. The number of ketones is 1. The molecule has 0 spiro atoms. The molecule has 1 saturated heterocycles. The number of piperidine rings is 1. The minimum atomic E-state index is -0.845. The van der Waals surface area contributed by atoms with Crippen molar-refractivity contribution >= 4 is 23.7 Å². The van der Waals surface area contributed by atoms with E-state index in [0.29, 0.717) is 25.9 Å². The highest BCUT2D eigenvalue weighted by Crippen LogP contribution is 2.21. The number of hydrogen-bond acceptors (Lipinski definition) is 8. The second kappa shape index (κ2) is 8.72. The number of amides is 1. The summed E-state index contributed by atoms with van der Waals surface area (Å²) in [5.74, 6) is -2.14. The predicted octanol–water partition coefficient (Wildman–Crippen LogP) is 0.0392. The normalized spacial score (nSPS) is 15.0. The number of likely N-dealkylation sites (tertiary alicyclic amines) is 1. The van der Waals surface area contributed by atoms with Crippen LogP contribution < -0.4 is 17.0 Å². The number of carbonyl (C=O) groups excluding carboxylic acids is 3. The van der Waals surface area contributed by atoms with Crippen LogP contribution in [0.1, 0.15) is 44.0 Å². The fraction of sp³-hybridized carbons (Fsp3) is 0.632. The van der Waals surface area contributed by atoms with Gasteiger partial charge in [0.05, 0.1) is 5.92 Å². The van der Waals surface area contributed by atoms with Crippen molar-refractivity contribution in [2.45, 2.75) is 39.2 Å². The Hall–Kier alpha value is -3.11. The van der Waals surface area contributed by atoms with Crippen molar-refractivity contribution in [2.75, 3.05) is 25.4 Å². The number of nitrogen functional groups attached to an aromatic ring is 1. The number of ether oxygens (including phenoxy) is 2. The molecule has 2 N–H and O–H groups in total. The van der Waals surface area contributed by atoms with Crippen LogP contribution in [-0.4, -0.2) is 57.2 Å². The van der Waals surface area contributed by atoms with Gasteiger partial charge in [-0.15, -0.1) is 0 Å². The van der Waals surface area contributed by atoms with Gasteiger partial charge in [0.15, 0.2) is 6.61 Å². The first-order chi connectivity index (χ1) is 13.8. The Balaban J connectivity index is 1.95. The van der Waals surface area contributed by atoms with E-state index in [1.165, 1.54) is 19.0 Å². The van der Waals surface area contributed by atoms with Crippen molar-refractivity contribution < 1.29 is 23.9 Å². The summed E-state index contributed by atoms with van der Waals surface area (Å²) in [4.78, 5) is 62.4. The van der Waals surface area contributed by atoms with Gasteiger partial charge in [-0.2, -0.15) is 0 Å². The molecule has 1 fully saturated rings. The SMILES string of the molecule is Cn1c(N)c(C(=O)COC(=O)C2CCN(C(=O)OC(C)(C)C)CC2)c(=O)n(C)c1=O. The van der Waals surface area contributed by atoms with Crippen LogP contribution in [0.3, 0.4) is 0 Å². The molecule has 0 aromatic carbocycles. The third kappa shape index (κ3) is 5.08. The van der Waals surface area contributed by atoms with E-state index in [4.69, 9.17) is 15.2 Å². The maximum atomic E-state index is 12.4. The highest BCUT2D eigenvalue weighted by Gasteiger charge is 2.31. The maximum Gasteiger partial charge on any atom is 0.410 e. The number of anilines is 1. The molecule has 0 bridgehead atoms. The monoisotopic (exact) mass is 424 g/mol. The molecule has 2 heterocycles. The molecule has 1 aliphatic heterocycles. The third-order valence-electron chi connectivity index (χ3n) is 4.81. The van der Waals surface area contributed by atoms with Crippen LogP contribution in [0, 0.1) is 5.92 Å². The second-order valence-electron chi connectivity index (χ2n) is 8.24. The molecular formula is C19H28N4O7. The number of hydrogen-bond donors (Lipinski definition) is 1. The Morgan fingerprint density at radius 2 is 1.63 bits per heavy atom. The zero-order valence-corrected chi connectivity index (χ0v) is 17.9. The van der Waals surface area contributed by atoms with E-state index in [9.17, 15) is 24.0 Å². The van der Waals surface area contributed by atoms with Crippen LogP contribution in [0.5, 0.6) is 0 Å². The van der Waals surface area contributed by atoms with Gasteiger partial charge in [-0.3, -0.25) is 23.5 Å². The lowest BCUT2D eigenvalue weighted by atomic mass is 9.97.